The predicted molar refractivity (Wildman–Crippen MR) is 106 cm³/mol. The molecule has 0 bridgehead atoms. The lowest BCUT2D eigenvalue weighted by Crippen LogP contribution is -2.35. The Bertz CT molecular complexity index is 759. The Labute approximate surface area is 154 Å². The number of anilines is 1. The molecule has 1 atom stereocenters. The van der Waals surface area contributed by atoms with Crippen molar-refractivity contribution in [3.05, 3.63) is 65.2 Å². The van der Waals surface area contributed by atoms with Crippen molar-refractivity contribution < 1.29 is 9.53 Å². The average molecular weight is 356 g/mol. The Morgan fingerprint density at radius 1 is 1.12 bits per heavy atom. The summed E-state index contributed by atoms with van der Waals surface area (Å²) < 4.78 is 4.75. The number of carbonyl (C=O) groups excluding carboxylic acids is 1. The highest BCUT2D eigenvalue weighted by atomic mass is 32.1. The topological polar surface area (TPSA) is 50.4 Å². The summed E-state index contributed by atoms with van der Waals surface area (Å²) in [5, 5.41) is 7.05. The second-order valence-electron chi connectivity index (χ2n) is 6.25. The van der Waals surface area contributed by atoms with E-state index in [0.29, 0.717) is 16.6 Å². The van der Waals surface area contributed by atoms with Crippen molar-refractivity contribution in [1.29, 1.82) is 0 Å². The number of benzene rings is 2. The molecule has 0 saturated carbocycles. The number of rotatable bonds is 5. The van der Waals surface area contributed by atoms with Crippen LogP contribution in [0.2, 0.25) is 0 Å². The number of hydrogen-bond donors (Lipinski definition) is 2. The van der Waals surface area contributed by atoms with Gasteiger partial charge < -0.3 is 15.4 Å². The molecule has 0 aliphatic carbocycles. The Kier molecular flexibility index (Phi) is 6.53. The molecule has 0 radical (unpaired) electrons. The molecule has 5 heteroatoms. The molecule has 0 unspecified atom stereocenters. The first kappa shape index (κ1) is 18.9. The zero-order valence-corrected chi connectivity index (χ0v) is 15.8. The second-order valence-corrected chi connectivity index (χ2v) is 6.66. The maximum Gasteiger partial charge on any atom is 0.337 e. The number of methoxy groups -OCH3 is 1. The molecule has 4 nitrogen and oxygen atoms in total. The van der Waals surface area contributed by atoms with Crippen LogP contribution in [0.5, 0.6) is 0 Å². The van der Waals surface area contributed by atoms with E-state index in [9.17, 15) is 4.79 Å². The number of esters is 1. The standard InChI is InChI=1S/C20H24N2O2S/c1-13(2)18(17-11-6-5-8-14(17)3)22-20(25)21-16-10-7-9-15(12-16)19(23)24-4/h5-13,18H,1-4H3,(H2,21,22,25)/t18-/m1/s1. The van der Waals surface area contributed by atoms with E-state index < -0.39 is 0 Å². The van der Waals surface area contributed by atoms with Crippen LogP contribution >= 0.6 is 12.2 Å². The SMILES string of the molecule is COC(=O)c1cccc(NC(=S)N[C@@H](c2ccccc2C)C(C)C)c1. The normalized spacial score (nSPS) is 11.7. The molecule has 0 aliphatic heterocycles. The molecule has 0 amide bonds. The molecule has 2 aromatic rings. The summed E-state index contributed by atoms with van der Waals surface area (Å²) in [4.78, 5) is 11.6. The summed E-state index contributed by atoms with van der Waals surface area (Å²) in [6.45, 7) is 6.41. The van der Waals surface area contributed by atoms with E-state index in [1.165, 1.54) is 18.2 Å². The number of ether oxygens (including phenoxy) is 1. The molecule has 0 heterocycles. The third-order valence-corrected chi connectivity index (χ3v) is 4.24. The highest BCUT2D eigenvalue weighted by Gasteiger charge is 2.18. The molecule has 0 aromatic heterocycles. The van der Waals surface area contributed by atoms with Gasteiger partial charge in [-0.15, -0.1) is 0 Å². The predicted octanol–water partition coefficient (Wildman–Crippen LogP) is 4.47. The highest BCUT2D eigenvalue weighted by Crippen LogP contribution is 2.24. The maximum absolute atomic E-state index is 11.6. The maximum atomic E-state index is 11.6. The summed E-state index contributed by atoms with van der Waals surface area (Å²) in [6, 6.07) is 15.5. The van der Waals surface area contributed by atoms with Crippen molar-refractivity contribution in [2.45, 2.75) is 26.8 Å². The van der Waals surface area contributed by atoms with E-state index in [-0.39, 0.29) is 12.0 Å². The van der Waals surface area contributed by atoms with Gasteiger partial charge in [-0.1, -0.05) is 44.2 Å². The number of carbonyl (C=O) groups is 1. The monoisotopic (exact) mass is 356 g/mol. The van der Waals surface area contributed by atoms with E-state index >= 15 is 0 Å². The first-order valence-corrected chi connectivity index (χ1v) is 8.64. The Morgan fingerprint density at radius 2 is 1.84 bits per heavy atom. The number of hydrogen-bond acceptors (Lipinski definition) is 3. The first-order chi connectivity index (χ1) is 11.9. The zero-order valence-electron chi connectivity index (χ0n) is 15.0. The van der Waals surface area contributed by atoms with Gasteiger partial charge in [0, 0.05) is 5.69 Å². The van der Waals surface area contributed by atoms with E-state index in [0.717, 1.165) is 5.69 Å². The molecule has 25 heavy (non-hydrogen) atoms. The van der Waals surface area contributed by atoms with E-state index in [1.54, 1.807) is 18.2 Å². The second kappa shape index (κ2) is 8.62. The molecule has 2 aromatic carbocycles. The van der Waals surface area contributed by atoms with Gasteiger partial charge in [0.05, 0.1) is 18.7 Å². The van der Waals surface area contributed by atoms with Crippen LogP contribution in [-0.2, 0) is 4.74 Å². The molecule has 0 fully saturated rings. The smallest absolute Gasteiger partial charge is 0.337 e. The van der Waals surface area contributed by atoms with E-state index in [2.05, 4.69) is 43.5 Å². The summed E-state index contributed by atoms with van der Waals surface area (Å²) in [5.74, 6) is -0.00949. The van der Waals surface area contributed by atoms with Crippen LogP contribution < -0.4 is 10.6 Å². The van der Waals surface area contributed by atoms with Gasteiger partial charge in [0.25, 0.3) is 0 Å². The van der Waals surface area contributed by atoms with Crippen LogP contribution in [0.25, 0.3) is 0 Å². The Balaban J connectivity index is 2.12. The number of nitrogens with one attached hydrogen (secondary N) is 2. The number of thiocarbonyl (C=S) groups is 1. The quantitative estimate of drug-likeness (QED) is 0.612. The van der Waals surface area contributed by atoms with Crippen molar-refractivity contribution in [3.8, 4) is 0 Å². The lowest BCUT2D eigenvalue weighted by molar-refractivity contribution is 0.0601. The van der Waals surface area contributed by atoms with E-state index in [4.69, 9.17) is 17.0 Å². The third kappa shape index (κ3) is 5.03. The van der Waals surface area contributed by atoms with Crippen molar-refractivity contribution in [2.75, 3.05) is 12.4 Å². The van der Waals surface area contributed by atoms with Gasteiger partial charge in [0.2, 0.25) is 0 Å². The first-order valence-electron chi connectivity index (χ1n) is 8.23. The van der Waals surface area contributed by atoms with Gasteiger partial charge in [-0.2, -0.15) is 0 Å². The lowest BCUT2D eigenvalue weighted by Gasteiger charge is -2.26. The van der Waals surface area contributed by atoms with Crippen LogP contribution in [0.3, 0.4) is 0 Å². The average Bonchev–Trinajstić information content (AvgIpc) is 2.59. The summed E-state index contributed by atoms with van der Waals surface area (Å²) in [6.07, 6.45) is 0. The van der Waals surface area contributed by atoms with Gasteiger partial charge in [-0.3, -0.25) is 0 Å². The number of aryl methyl sites for hydroxylation is 1. The minimum Gasteiger partial charge on any atom is -0.465 e. The molecule has 2 rings (SSSR count). The molecule has 0 saturated heterocycles. The van der Waals surface area contributed by atoms with Gasteiger partial charge >= 0.3 is 5.97 Å². The summed E-state index contributed by atoms with van der Waals surface area (Å²) in [5.41, 5.74) is 3.68. The fourth-order valence-corrected chi connectivity index (χ4v) is 2.93. The van der Waals surface area contributed by atoms with Crippen molar-refractivity contribution in [1.82, 2.24) is 5.32 Å². The third-order valence-electron chi connectivity index (χ3n) is 4.02. The Morgan fingerprint density at radius 3 is 2.48 bits per heavy atom. The van der Waals surface area contributed by atoms with Crippen molar-refractivity contribution in [3.63, 3.8) is 0 Å². The minimum absolute atomic E-state index is 0.102. The van der Waals surface area contributed by atoms with Gasteiger partial charge in [-0.05, 0) is 54.4 Å². The minimum atomic E-state index is -0.373. The van der Waals surface area contributed by atoms with Crippen LogP contribution in [0, 0.1) is 12.8 Å². The van der Waals surface area contributed by atoms with Gasteiger partial charge in [0.1, 0.15) is 0 Å². The van der Waals surface area contributed by atoms with Gasteiger partial charge in [0.15, 0.2) is 5.11 Å². The summed E-state index contributed by atoms with van der Waals surface area (Å²) in [7, 11) is 1.37. The zero-order chi connectivity index (χ0) is 18.4. The molecular weight excluding hydrogens is 332 g/mol. The Hall–Kier alpha value is -2.40. The van der Waals surface area contributed by atoms with Crippen molar-refractivity contribution >= 4 is 29.0 Å². The van der Waals surface area contributed by atoms with Gasteiger partial charge in [-0.25, -0.2) is 4.79 Å². The van der Waals surface area contributed by atoms with Crippen LogP contribution in [0.1, 0.15) is 41.4 Å². The molecule has 2 N–H and O–H groups in total. The van der Waals surface area contributed by atoms with Crippen molar-refractivity contribution in [2.24, 2.45) is 5.92 Å². The van der Waals surface area contributed by atoms with Crippen LogP contribution in [0.4, 0.5) is 5.69 Å². The molecule has 0 aliphatic rings. The molecule has 0 spiro atoms. The summed E-state index contributed by atoms with van der Waals surface area (Å²) >= 11 is 5.47. The highest BCUT2D eigenvalue weighted by molar-refractivity contribution is 7.80. The molecule has 132 valence electrons. The lowest BCUT2D eigenvalue weighted by atomic mass is 9.93. The largest absolute Gasteiger partial charge is 0.465 e. The van der Waals surface area contributed by atoms with Crippen LogP contribution in [-0.4, -0.2) is 18.2 Å². The molecular formula is C20H24N2O2S. The fraction of sp³-hybridized carbons (Fsp3) is 0.300. The van der Waals surface area contributed by atoms with E-state index in [1.807, 2.05) is 18.2 Å². The van der Waals surface area contributed by atoms with Crippen LogP contribution in [0.15, 0.2) is 48.5 Å². The fourth-order valence-electron chi connectivity index (χ4n) is 2.69.